The van der Waals surface area contributed by atoms with Crippen LogP contribution < -0.4 is 0 Å². The number of hydrogen-bond donors (Lipinski definition) is 0. The third kappa shape index (κ3) is 1.54. The van der Waals surface area contributed by atoms with E-state index in [1.54, 1.807) is 6.07 Å². The van der Waals surface area contributed by atoms with Crippen molar-refractivity contribution in [2.75, 3.05) is 13.1 Å². The molecule has 1 fully saturated rings. The Labute approximate surface area is 77.4 Å². The molecular weight excluding hydrogens is 164 g/mol. The number of nitrogens with zero attached hydrogens (tertiary/aromatic N) is 2. The van der Waals surface area contributed by atoms with Crippen molar-refractivity contribution in [2.24, 2.45) is 0 Å². The fraction of sp³-hybridized carbons (Fsp3) is 0.400. The predicted molar refractivity (Wildman–Crippen MR) is 49.5 cm³/mol. The monoisotopic (exact) mass is 176 g/mol. The summed E-state index contributed by atoms with van der Waals surface area (Å²) in [7, 11) is 0. The molecule has 3 heteroatoms. The molecule has 0 radical (unpaired) electrons. The maximum Gasteiger partial charge on any atom is 0.272 e. The smallest absolute Gasteiger partial charge is 0.272 e. The van der Waals surface area contributed by atoms with Crippen molar-refractivity contribution in [2.45, 2.75) is 13.3 Å². The molecule has 1 amide bonds. The van der Waals surface area contributed by atoms with Gasteiger partial charge in [0, 0.05) is 18.8 Å². The molecule has 0 unspecified atom stereocenters. The molecule has 0 aliphatic carbocycles. The van der Waals surface area contributed by atoms with Crippen LogP contribution in [0.1, 0.15) is 22.6 Å². The lowest BCUT2D eigenvalue weighted by atomic mass is 10.2. The molecule has 0 spiro atoms. The van der Waals surface area contributed by atoms with Gasteiger partial charge in [0.1, 0.15) is 5.69 Å². The van der Waals surface area contributed by atoms with E-state index in [-0.39, 0.29) is 5.91 Å². The minimum absolute atomic E-state index is 0.0648. The van der Waals surface area contributed by atoms with Crippen LogP contribution in [0, 0.1) is 6.92 Å². The topological polar surface area (TPSA) is 33.2 Å². The second-order valence-corrected chi connectivity index (χ2v) is 3.31. The van der Waals surface area contributed by atoms with Crippen molar-refractivity contribution in [3.05, 3.63) is 29.6 Å². The van der Waals surface area contributed by atoms with Gasteiger partial charge in [0.05, 0.1) is 0 Å². The largest absolute Gasteiger partial charge is 0.337 e. The molecule has 1 saturated heterocycles. The number of aryl methyl sites for hydroxylation is 1. The third-order valence-electron chi connectivity index (χ3n) is 2.25. The molecule has 68 valence electrons. The fourth-order valence-electron chi connectivity index (χ4n) is 1.34. The highest BCUT2D eigenvalue weighted by Crippen LogP contribution is 2.10. The zero-order valence-electron chi connectivity index (χ0n) is 7.66. The lowest BCUT2D eigenvalue weighted by Gasteiger charge is -2.30. The Morgan fingerprint density at radius 1 is 1.46 bits per heavy atom. The van der Waals surface area contributed by atoms with Crippen molar-refractivity contribution in [3.63, 3.8) is 0 Å². The van der Waals surface area contributed by atoms with E-state index in [9.17, 15) is 4.79 Å². The van der Waals surface area contributed by atoms with Gasteiger partial charge in [-0.05, 0) is 25.5 Å². The minimum Gasteiger partial charge on any atom is -0.337 e. The summed E-state index contributed by atoms with van der Waals surface area (Å²) in [6.07, 6.45) is 1.12. The van der Waals surface area contributed by atoms with Crippen LogP contribution in [0.3, 0.4) is 0 Å². The van der Waals surface area contributed by atoms with Crippen LogP contribution in [0.5, 0.6) is 0 Å². The number of pyridine rings is 1. The summed E-state index contributed by atoms with van der Waals surface area (Å²) in [5.74, 6) is 0.0648. The van der Waals surface area contributed by atoms with Crippen LogP contribution in [0.15, 0.2) is 18.2 Å². The lowest BCUT2D eigenvalue weighted by molar-refractivity contribution is 0.0645. The molecule has 2 rings (SSSR count). The Morgan fingerprint density at radius 3 is 2.77 bits per heavy atom. The van der Waals surface area contributed by atoms with E-state index in [2.05, 4.69) is 4.98 Å². The average molecular weight is 176 g/mol. The van der Waals surface area contributed by atoms with Crippen molar-refractivity contribution in [1.82, 2.24) is 9.88 Å². The normalized spacial score (nSPS) is 15.3. The van der Waals surface area contributed by atoms with E-state index in [0.717, 1.165) is 25.2 Å². The lowest BCUT2D eigenvalue weighted by Crippen LogP contribution is -2.42. The second kappa shape index (κ2) is 3.17. The first-order valence-electron chi connectivity index (χ1n) is 4.50. The van der Waals surface area contributed by atoms with E-state index in [1.165, 1.54) is 0 Å². The third-order valence-corrected chi connectivity index (χ3v) is 2.25. The Kier molecular flexibility index (Phi) is 2.00. The number of amides is 1. The van der Waals surface area contributed by atoms with Crippen molar-refractivity contribution in [1.29, 1.82) is 0 Å². The molecule has 3 nitrogen and oxygen atoms in total. The van der Waals surface area contributed by atoms with Gasteiger partial charge in [0.2, 0.25) is 0 Å². The first-order valence-corrected chi connectivity index (χ1v) is 4.50. The Hall–Kier alpha value is -1.38. The van der Waals surface area contributed by atoms with Gasteiger partial charge >= 0.3 is 0 Å². The fourth-order valence-corrected chi connectivity index (χ4v) is 1.34. The second-order valence-electron chi connectivity index (χ2n) is 3.31. The van der Waals surface area contributed by atoms with Gasteiger partial charge in [-0.1, -0.05) is 6.07 Å². The highest BCUT2D eigenvalue weighted by molar-refractivity contribution is 5.92. The number of carbonyl (C=O) groups excluding carboxylic acids is 1. The van der Waals surface area contributed by atoms with Crippen molar-refractivity contribution >= 4 is 5.91 Å². The highest BCUT2D eigenvalue weighted by atomic mass is 16.2. The highest BCUT2D eigenvalue weighted by Gasteiger charge is 2.22. The van der Waals surface area contributed by atoms with E-state index in [4.69, 9.17) is 0 Å². The number of aromatic nitrogens is 1. The van der Waals surface area contributed by atoms with E-state index >= 15 is 0 Å². The quantitative estimate of drug-likeness (QED) is 0.645. The molecule has 0 atom stereocenters. The van der Waals surface area contributed by atoms with Gasteiger partial charge < -0.3 is 4.90 Å². The standard InChI is InChI=1S/C10H12N2O/c1-8-4-2-5-9(11-8)10(13)12-6-3-7-12/h2,4-5H,3,6-7H2,1H3. The van der Waals surface area contributed by atoms with Gasteiger partial charge in [-0.3, -0.25) is 4.79 Å². The summed E-state index contributed by atoms with van der Waals surface area (Å²) in [6.45, 7) is 3.66. The Bertz CT molecular complexity index is 331. The molecule has 0 bridgehead atoms. The Balaban J connectivity index is 2.19. The molecule has 0 aromatic carbocycles. The number of rotatable bonds is 1. The van der Waals surface area contributed by atoms with Gasteiger partial charge in [0.25, 0.3) is 5.91 Å². The van der Waals surface area contributed by atoms with Crippen LogP contribution in [0.25, 0.3) is 0 Å². The van der Waals surface area contributed by atoms with E-state index < -0.39 is 0 Å². The molecule has 1 aromatic heterocycles. The molecule has 1 aliphatic rings. The number of carbonyl (C=O) groups is 1. The summed E-state index contributed by atoms with van der Waals surface area (Å²) in [6, 6.07) is 5.54. The van der Waals surface area contributed by atoms with Crippen molar-refractivity contribution < 1.29 is 4.79 Å². The molecular formula is C10H12N2O. The van der Waals surface area contributed by atoms with E-state index in [1.807, 2.05) is 24.0 Å². The summed E-state index contributed by atoms with van der Waals surface area (Å²) >= 11 is 0. The van der Waals surface area contributed by atoms with Crippen LogP contribution in [-0.4, -0.2) is 28.9 Å². The maximum absolute atomic E-state index is 11.6. The molecule has 1 aromatic rings. The average Bonchev–Trinajstić information content (AvgIpc) is 2.01. The summed E-state index contributed by atoms with van der Waals surface area (Å²) in [4.78, 5) is 17.6. The molecule has 2 heterocycles. The number of hydrogen-bond acceptors (Lipinski definition) is 2. The molecule has 0 saturated carbocycles. The van der Waals surface area contributed by atoms with E-state index in [0.29, 0.717) is 5.69 Å². The molecule has 1 aliphatic heterocycles. The minimum atomic E-state index is 0.0648. The SMILES string of the molecule is Cc1cccc(C(=O)N2CCC2)n1. The van der Waals surface area contributed by atoms with Crippen LogP contribution in [0.4, 0.5) is 0 Å². The van der Waals surface area contributed by atoms with Crippen LogP contribution in [0.2, 0.25) is 0 Å². The Morgan fingerprint density at radius 2 is 2.23 bits per heavy atom. The summed E-state index contributed by atoms with van der Waals surface area (Å²) < 4.78 is 0. The molecule has 0 N–H and O–H groups in total. The zero-order valence-corrected chi connectivity index (χ0v) is 7.66. The van der Waals surface area contributed by atoms with Crippen LogP contribution in [-0.2, 0) is 0 Å². The van der Waals surface area contributed by atoms with Gasteiger partial charge in [0.15, 0.2) is 0 Å². The summed E-state index contributed by atoms with van der Waals surface area (Å²) in [5.41, 5.74) is 1.46. The van der Waals surface area contributed by atoms with Gasteiger partial charge in [-0.25, -0.2) is 4.98 Å². The predicted octanol–water partition coefficient (Wildman–Crippen LogP) is 1.24. The maximum atomic E-state index is 11.6. The number of likely N-dealkylation sites (tertiary alicyclic amines) is 1. The van der Waals surface area contributed by atoms with Gasteiger partial charge in [-0.2, -0.15) is 0 Å². The van der Waals surface area contributed by atoms with Crippen molar-refractivity contribution in [3.8, 4) is 0 Å². The van der Waals surface area contributed by atoms with Gasteiger partial charge in [-0.15, -0.1) is 0 Å². The molecule has 13 heavy (non-hydrogen) atoms. The summed E-state index contributed by atoms with van der Waals surface area (Å²) in [5, 5.41) is 0. The first kappa shape index (κ1) is 8.23. The zero-order chi connectivity index (χ0) is 9.26. The first-order chi connectivity index (χ1) is 6.27. The van der Waals surface area contributed by atoms with Crippen LogP contribution >= 0.6 is 0 Å².